The number of hydrogen-bond acceptors (Lipinski definition) is 1. The van der Waals surface area contributed by atoms with Crippen molar-refractivity contribution in [3.05, 3.63) is 170 Å². The molecule has 0 bridgehead atoms. The summed E-state index contributed by atoms with van der Waals surface area (Å²) in [5.74, 6) is 0. The Balaban J connectivity index is 0.000000181. The van der Waals surface area contributed by atoms with Gasteiger partial charge in [0.1, 0.15) is 12.7 Å². The van der Waals surface area contributed by atoms with Crippen molar-refractivity contribution in [1.29, 1.82) is 0 Å². The first-order chi connectivity index (χ1) is 21.3. The highest BCUT2D eigenvalue weighted by atomic mass is 14.9. The zero-order valence-corrected chi connectivity index (χ0v) is 25.2. The predicted molar refractivity (Wildman–Crippen MR) is 184 cm³/mol. The van der Waals surface area contributed by atoms with E-state index in [1.54, 1.807) is 0 Å². The third-order valence-electron chi connectivity index (χ3n) is 8.37. The van der Waals surface area contributed by atoms with Gasteiger partial charge in [0.2, 0.25) is 0 Å². The van der Waals surface area contributed by atoms with E-state index in [2.05, 4.69) is 162 Å². The van der Waals surface area contributed by atoms with Gasteiger partial charge in [0, 0.05) is 30.9 Å². The van der Waals surface area contributed by atoms with Crippen LogP contribution < -0.4 is 26.4 Å². The highest BCUT2D eigenvalue weighted by molar-refractivity contribution is 7.19. The van der Waals surface area contributed by atoms with E-state index < -0.39 is 6.15 Å². The summed E-state index contributed by atoms with van der Waals surface area (Å²) in [6.45, 7) is 3.37. The van der Waals surface area contributed by atoms with Gasteiger partial charge in [-0.1, -0.05) is 141 Å². The van der Waals surface area contributed by atoms with Gasteiger partial charge in [-0.25, -0.2) is 4.57 Å². The van der Waals surface area contributed by atoms with Gasteiger partial charge in [0.25, 0.3) is 0 Å². The lowest BCUT2D eigenvalue weighted by Crippen LogP contribution is -2.74. The molecule has 2 aromatic heterocycles. The molecule has 0 atom stereocenters. The summed E-state index contributed by atoms with van der Waals surface area (Å²) >= 11 is 0. The summed E-state index contributed by atoms with van der Waals surface area (Å²) < 4.78 is 2.26. The number of benzene rings is 4. The highest BCUT2D eigenvalue weighted by Gasteiger charge is 2.31. The zero-order chi connectivity index (χ0) is 29.6. The number of rotatable bonds is 10. The van der Waals surface area contributed by atoms with Gasteiger partial charge in [-0.15, -0.1) is 0 Å². The fourth-order valence-electron chi connectivity index (χ4n) is 6.19. The molecule has 0 spiro atoms. The molecule has 0 amide bonds. The van der Waals surface area contributed by atoms with Crippen molar-refractivity contribution in [3.8, 4) is 11.1 Å². The van der Waals surface area contributed by atoms with Crippen LogP contribution in [0.4, 0.5) is 0 Å². The van der Waals surface area contributed by atoms with Crippen LogP contribution in [0, 0.1) is 0 Å². The standard InChI is InChI=1S/C24H20B.C16H21N2/c1-5-13-21(14-6-1)25(22-15-7-2-8-16-22,23-17-9-3-10-18-23)24-19-11-4-12-20-24;1-2-3-4-5-12-18-13-8-16(9-14-18)15-6-10-17-11-7-15/h1-20H;6-11,13-14H,2-5,12H2,1H3/q-1;+1. The first-order valence-corrected chi connectivity index (χ1v) is 15.6. The Bertz CT molecular complexity index is 1440. The van der Waals surface area contributed by atoms with E-state index in [-0.39, 0.29) is 0 Å². The maximum Gasteiger partial charge on any atom is 0.169 e. The molecule has 0 fully saturated rings. The molecule has 3 heteroatoms. The second-order valence-corrected chi connectivity index (χ2v) is 11.1. The Morgan fingerprint density at radius 2 is 0.860 bits per heavy atom. The Kier molecular flexibility index (Phi) is 10.7. The molecule has 0 N–H and O–H groups in total. The van der Waals surface area contributed by atoms with Crippen molar-refractivity contribution in [3.63, 3.8) is 0 Å². The van der Waals surface area contributed by atoms with Crippen molar-refractivity contribution < 1.29 is 4.57 Å². The minimum Gasteiger partial charge on any atom is -0.265 e. The number of hydrogen-bond donors (Lipinski definition) is 0. The maximum atomic E-state index is 4.04. The van der Waals surface area contributed by atoms with E-state index in [1.807, 2.05) is 24.5 Å². The molecule has 6 aromatic rings. The molecule has 6 rings (SSSR count). The van der Waals surface area contributed by atoms with Gasteiger partial charge < -0.3 is 0 Å². The lowest BCUT2D eigenvalue weighted by Gasteiger charge is -2.44. The average molecular weight is 561 g/mol. The van der Waals surface area contributed by atoms with Crippen LogP contribution in [0.15, 0.2) is 170 Å². The second-order valence-electron chi connectivity index (χ2n) is 11.1. The minimum absolute atomic E-state index is 1.12. The first-order valence-electron chi connectivity index (χ1n) is 15.6. The van der Waals surface area contributed by atoms with Crippen molar-refractivity contribution in [2.75, 3.05) is 0 Å². The summed E-state index contributed by atoms with van der Waals surface area (Å²) in [7, 11) is 0. The molecule has 0 saturated carbocycles. The van der Waals surface area contributed by atoms with E-state index in [0.717, 1.165) is 6.54 Å². The predicted octanol–water partition coefficient (Wildman–Crippen LogP) is 6.68. The van der Waals surface area contributed by atoms with Gasteiger partial charge in [-0.05, 0) is 29.7 Å². The Hall–Kier alpha value is -4.76. The SMILES string of the molecule is CCCCCC[n+]1ccc(-c2ccncc2)cc1.c1ccc([B-](c2ccccc2)(c2ccccc2)c2ccccc2)cc1. The molecule has 0 aliphatic rings. The smallest absolute Gasteiger partial charge is 0.169 e. The van der Waals surface area contributed by atoms with Crippen LogP contribution in [0.25, 0.3) is 11.1 Å². The van der Waals surface area contributed by atoms with Crippen molar-refractivity contribution in [1.82, 2.24) is 4.98 Å². The molecular formula is C40H41BN2. The monoisotopic (exact) mass is 560 g/mol. The van der Waals surface area contributed by atoms with Crippen molar-refractivity contribution in [2.45, 2.75) is 39.2 Å². The first kappa shape index (κ1) is 29.7. The van der Waals surface area contributed by atoms with Crippen LogP contribution in [0.1, 0.15) is 32.6 Å². The number of pyridine rings is 2. The molecule has 2 nitrogen and oxygen atoms in total. The number of aromatic nitrogens is 2. The van der Waals surface area contributed by atoms with E-state index >= 15 is 0 Å². The summed E-state index contributed by atoms with van der Waals surface area (Å²) in [4.78, 5) is 4.04. The normalized spacial score (nSPS) is 10.9. The minimum atomic E-state index is -1.22. The number of nitrogens with zero attached hydrogens (tertiary/aromatic N) is 2. The van der Waals surface area contributed by atoms with Crippen molar-refractivity contribution in [2.24, 2.45) is 0 Å². The number of aryl methyl sites for hydroxylation is 1. The molecule has 0 aliphatic heterocycles. The van der Waals surface area contributed by atoms with Crippen LogP contribution in [0.2, 0.25) is 0 Å². The molecule has 4 aromatic carbocycles. The van der Waals surface area contributed by atoms with Crippen LogP contribution in [0.3, 0.4) is 0 Å². The van der Waals surface area contributed by atoms with Crippen LogP contribution >= 0.6 is 0 Å². The molecular weight excluding hydrogens is 519 g/mol. The van der Waals surface area contributed by atoms with Gasteiger partial charge in [-0.3, -0.25) is 4.98 Å². The third-order valence-corrected chi connectivity index (χ3v) is 8.37. The summed E-state index contributed by atoms with van der Waals surface area (Å²) in [6.07, 6.45) is 12.0. The second kappa shape index (κ2) is 15.5. The maximum absolute atomic E-state index is 4.04. The third kappa shape index (κ3) is 7.37. The molecule has 0 saturated heterocycles. The van der Waals surface area contributed by atoms with E-state index in [4.69, 9.17) is 0 Å². The quantitative estimate of drug-likeness (QED) is 0.104. The van der Waals surface area contributed by atoms with Gasteiger partial charge in [0.05, 0.1) is 0 Å². The zero-order valence-electron chi connectivity index (χ0n) is 25.2. The summed E-state index contributed by atoms with van der Waals surface area (Å²) in [6, 6.07) is 52.0. The van der Waals surface area contributed by atoms with Crippen LogP contribution in [0.5, 0.6) is 0 Å². The fraction of sp³-hybridized carbons (Fsp3) is 0.150. The topological polar surface area (TPSA) is 16.8 Å². The Labute approximate surface area is 257 Å². The van der Waals surface area contributed by atoms with Gasteiger partial charge >= 0.3 is 0 Å². The van der Waals surface area contributed by atoms with Crippen molar-refractivity contribution >= 4 is 28.0 Å². The molecule has 0 radical (unpaired) electrons. The van der Waals surface area contributed by atoms with E-state index in [0.29, 0.717) is 0 Å². The number of unbranched alkanes of at least 4 members (excludes halogenated alkanes) is 3. The Morgan fingerprint density at radius 3 is 1.26 bits per heavy atom. The van der Waals surface area contributed by atoms with E-state index in [9.17, 15) is 0 Å². The van der Waals surface area contributed by atoms with Gasteiger partial charge in [0.15, 0.2) is 12.4 Å². The molecule has 43 heavy (non-hydrogen) atoms. The molecule has 214 valence electrons. The fourth-order valence-corrected chi connectivity index (χ4v) is 6.19. The lowest BCUT2D eigenvalue weighted by atomic mass is 9.13. The van der Waals surface area contributed by atoms with E-state index in [1.165, 1.54) is 58.7 Å². The highest BCUT2D eigenvalue weighted by Crippen LogP contribution is 2.16. The summed E-state index contributed by atoms with van der Waals surface area (Å²) in [5.41, 5.74) is 7.83. The van der Waals surface area contributed by atoms with Crippen LogP contribution in [-0.4, -0.2) is 11.1 Å². The molecule has 0 unspecified atom stereocenters. The Morgan fingerprint density at radius 1 is 0.465 bits per heavy atom. The van der Waals surface area contributed by atoms with Gasteiger partial charge in [-0.2, -0.15) is 21.9 Å². The largest absolute Gasteiger partial charge is 0.265 e. The van der Waals surface area contributed by atoms with Crippen LogP contribution in [-0.2, 0) is 6.54 Å². The average Bonchev–Trinajstić information content (AvgIpc) is 3.10. The molecule has 0 aliphatic carbocycles. The molecule has 2 heterocycles. The lowest BCUT2D eigenvalue weighted by molar-refractivity contribution is -0.697. The summed E-state index contributed by atoms with van der Waals surface area (Å²) in [5, 5.41) is 0.